The minimum absolute atomic E-state index is 0.327. The third-order valence-corrected chi connectivity index (χ3v) is 3.75. The van der Waals surface area contributed by atoms with Crippen molar-refractivity contribution >= 4 is 11.6 Å². The Labute approximate surface area is 122 Å². The molecule has 0 saturated carbocycles. The second-order valence-corrected chi connectivity index (χ2v) is 6.21. The molecule has 108 valence electrons. The second-order valence-electron chi connectivity index (χ2n) is 5.80. The van der Waals surface area contributed by atoms with Gasteiger partial charge in [-0.05, 0) is 44.4 Å². The third-order valence-electron chi connectivity index (χ3n) is 3.38. The molecule has 3 heteroatoms. The topological polar surface area (TPSA) is 29.3 Å². The highest BCUT2D eigenvalue weighted by Gasteiger charge is 2.09. The molecule has 1 rings (SSSR count). The van der Waals surface area contributed by atoms with Gasteiger partial charge in [0.15, 0.2) is 0 Å². The molecular weight excluding hydrogens is 256 g/mol. The van der Waals surface area contributed by atoms with Gasteiger partial charge >= 0.3 is 0 Å². The summed E-state index contributed by atoms with van der Waals surface area (Å²) in [6.07, 6.45) is 3.59. The van der Waals surface area contributed by atoms with Gasteiger partial charge in [-0.3, -0.25) is 0 Å². The quantitative estimate of drug-likeness (QED) is 0.783. The average Bonchev–Trinajstić information content (AvgIpc) is 2.31. The predicted octanol–water partition coefficient (Wildman–Crippen LogP) is 3.93. The molecule has 0 saturated heterocycles. The largest absolute Gasteiger partial charge is 0.328 e. The lowest BCUT2D eigenvalue weighted by Gasteiger charge is -2.22. The van der Waals surface area contributed by atoms with Gasteiger partial charge in [0.05, 0.1) is 0 Å². The summed E-state index contributed by atoms with van der Waals surface area (Å²) in [4.78, 5) is 2.34. The Balaban J connectivity index is 2.30. The van der Waals surface area contributed by atoms with Crippen LogP contribution in [0, 0.1) is 5.92 Å². The van der Waals surface area contributed by atoms with Crippen LogP contribution in [0.25, 0.3) is 0 Å². The smallest absolute Gasteiger partial charge is 0.0451 e. The van der Waals surface area contributed by atoms with E-state index in [4.69, 9.17) is 17.3 Å². The molecule has 0 aromatic heterocycles. The highest BCUT2D eigenvalue weighted by Crippen LogP contribution is 2.18. The zero-order chi connectivity index (χ0) is 14.3. The van der Waals surface area contributed by atoms with E-state index in [9.17, 15) is 0 Å². The van der Waals surface area contributed by atoms with Gasteiger partial charge in [0.2, 0.25) is 0 Å². The van der Waals surface area contributed by atoms with Gasteiger partial charge in [-0.25, -0.2) is 0 Å². The molecule has 0 amide bonds. The molecule has 0 aliphatic heterocycles. The number of halogens is 1. The molecule has 2 nitrogen and oxygen atoms in total. The van der Waals surface area contributed by atoms with Gasteiger partial charge in [-0.1, -0.05) is 43.1 Å². The van der Waals surface area contributed by atoms with Gasteiger partial charge in [-0.15, -0.1) is 0 Å². The Kier molecular flexibility index (Phi) is 7.44. The number of hydrogen-bond donors (Lipinski definition) is 1. The van der Waals surface area contributed by atoms with E-state index in [-0.39, 0.29) is 0 Å². The van der Waals surface area contributed by atoms with E-state index in [2.05, 4.69) is 31.9 Å². The lowest BCUT2D eigenvalue weighted by atomic mass is 10.0. The summed E-state index contributed by atoms with van der Waals surface area (Å²) >= 11 is 6.18. The molecule has 1 aromatic rings. The van der Waals surface area contributed by atoms with Crippen molar-refractivity contribution < 1.29 is 0 Å². The van der Waals surface area contributed by atoms with Crippen LogP contribution in [0.15, 0.2) is 24.3 Å². The van der Waals surface area contributed by atoms with Crippen LogP contribution in [-0.2, 0) is 6.54 Å². The Morgan fingerprint density at radius 2 is 1.89 bits per heavy atom. The highest BCUT2D eigenvalue weighted by molar-refractivity contribution is 6.31. The molecule has 0 aliphatic carbocycles. The van der Waals surface area contributed by atoms with Crippen molar-refractivity contribution in [1.82, 2.24) is 4.90 Å². The van der Waals surface area contributed by atoms with Crippen LogP contribution in [0.2, 0.25) is 5.02 Å². The SMILES string of the molecule is CC(N)CCCC(C)CN(C)Cc1ccccc1Cl. The minimum atomic E-state index is 0.327. The number of nitrogens with zero attached hydrogens (tertiary/aromatic N) is 1. The summed E-state index contributed by atoms with van der Waals surface area (Å²) in [5.41, 5.74) is 6.98. The first-order valence-corrected chi connectivity index (χ1v) is 7.54. The fourth-order valence-corrected chi connectivity index (χ4v) is 2.59. The second kappa shape index (κ2) is 8.57. The van der Waals surface area contributed by atoms with E-state index in [1.165, 1.54) is 18.4 Å². The minimum Gasteiger partial charge on any atom is -0.328 e. The van der Waals surface area contributed by atoms with Crippen LogP contribution in [0.1, 0.15) is 38.7 Å². The number of hydrogen-bond acceptors (Lipinski definition) is 2. The molecule has 2 atom stereocenters. The van der Waals surface area contributed by atoms with Crippen LogP contribution in [0.4, 0.5) is 0 Å². The zero-order valence-corrected chi connectivity index (χ0v) is 13.2. The lowest BCUT2D eigenvalue weighted by Crippen LogP contribution is -2.24. The van der Waals surface area contributed by atoms with Crippen molar-refractivity contribution in [2.45, 2.75) is 45.7 Å². The monoisotopic (exact) mass is 282 g/mol. The summed E-state index contributed by atoms with van der Waals surface area (Å²) < 4.78 is 0. The fraction of sp³-hybridized carbons (Fsp3) is 0.625. The molecular formula is C16H27ClN2. The standard InChI is InChI=1S/C16H27ClN2/c1-13(7-6-8-14(2)18)11-19(3)12-15-9-4-5-10-16(15)17/h4-5,9-10,13-14H,6-8,11-12,18H2,1-3H3. The Morgan fingerprint density at radius 1 is 1.21 bits per heavy atom. The van der Waals surface area contributed by atoms with E-state index < -0.39 is 0 Å². The first-order chi connectivity index (χ1) is 8.99. The van der Waals surface area contributed by atoms with E-state index in [0.29, 0.717) is 12.0 Å². The lowest BCUT2D eigenvalue weighted by molar-refractivity contribution is 0.267. The summed E-state index contributed by atoms with van der Waals surface area (Å²) in [6, 6.07) is 8.40. The molecule has 19 heavy (non-hydrogen) atoms. The van der Waals surface area contributed by atoms with Gasteiger partial charge in [-0.2, -0.15) is 0 Å². The Bertz CT molecular complexity index is 366. The molecule has 1 aromatic carbocycles. The Morgan fingerprint density at radius 3 is 2.53 bits per heavy atom. The van der Waals surface area contributed by atoms with Crippen molar-refractivity contribution in [1.29, 1.82) is 0 Å². The van der Waals surface area contributed by atoms with Crippen LogP contribution >= 0.6 is 11.6 Å². The predicted molar refractivity (Wildman–Crippen MR) is 84.5 cm³/mol. The van der Waals surface area contributed by atoms with Gasteiger partial charge < -0.3 is 10.6 Å². The fourth-order valence-electron chi connectivity index (χ4n) is 2.39. The summed E-state index contributed by atoms with van der Waals surface area (Å²) in [5.74, 6) is 0.700. The van der Waals surface area contributed by atoms with E-state index in [1.54, 1.807) is 0 Å². The van der Waals surface area contributed by atoms with Crippen molar-refractivity contribution in [3.8, 4) is 0 Å². The first kappa shape index (κ1) is 16.5. The zero-order valence-electron chi connectivity index (χ0n) is 12.4. The molecule has 0 radical (unpaired) electrons. The van der Waals surface area contributed by atoms with Gasteiger partial charge in [0.1, 0.15) is 0 Å². The number of rotatable bonds is 8. The van der Waals surface area contributed by atoms with Crippen LogP contribution in [0.5, 0.6) is 0 Å². The number of nitrogens with two attached hydrogens (primary N) is 1. The Hall–Kier alpha value is -0.570. The summed E-state index contributed by atoms with van der Waals surface area (Å²) in [7, 11) is 2.16. The van der Waals surface area contributed by atoms with E-state index >= 15 is 0 Å². The van der Waals surface area contributed by atoms with Crippen LogP contribution in [-0.4, -0.2) is 24.5 Å². The van der Waals surface area contributed by atoms with Crippen molar-refractivity contribution in [3.63, 3.8) is 0 Å². The van der Waals surface area contributed by atoms with Gasteiger partial charge in [0, 0.05) is 24.2 Å². The molecule has 0 fully saturated rings. The van der Waals surface area contributed by atoms with Crippen LogP contribution in [0.3, 0.4) is 0 Å². The summed E-state index contributed by atoms with van der Waals surface area (Å²) in [5, 5.41) is 0.860. The first-order valence-electron chi connectivity index (χ1n) is 7.16. The maximum atomic E-state index is 6.18. The normalized spacial score (nSPS) is 14.6. The molecule has 0 spiro atoms. The van der Waals surface area contributed by atoms with Gasteiger partial charge in [0.25, 0.3) is 0 Å². The highest BCUT2D eigenvalue weighted by atomic mass is 35.5. The van der Waals surface area contributed by atoms with Crippen LogP contribution < -0.4 is 5.73 Å². The van der Waals surface area contributed by atoms with E-state index in [1.807, 2.05) is 18.2 Å². The maximum Gasteiger partial charge on any atom is 0.0451 e. The molecule has 0 heterocycles. The average molecular weight is 283 g/mol. The molecule has 2 unspecified atom stereocenters. The molecule has 0 aliphatic rings. The summed E-state index contributed by atoms with van der Waals surface area (Å²) in [6.45, 7) is 6.40. The van der Waals surface area contributed by atoms with Crippen molar-refractivity contribution in [2.24, 2.45) is 11.7 Å². The number of benzene rings is 1. The maximum absolute atomic E-state index is 6.18. The van der Waals surface area contributed by atoms with Crippen molar-refractivity contribution in [2.75, 3.05) is 13.6 Å². The van der Waals surface area contributed by atoms with Crippen molar-refractivity contribution in [3.05, 3.63) is 34.9 Å². The third kappa shape index (κ3) is 6.95. The van der Waals surface area contributed by atoms with E-state index in [0.717, 1.165) is 24.5 Å². The molecule has 0 bridgehead atoms. The molecule has 2 N–H and O–H groups in total.